The molecule has 104 valence electrons. The van der Waals surface area contributed by atoms with Crippen LogP contribution in [0.15, 0.2) is 6.33 Å². The van der Waals surface area contributed by atoms with Crippen molar-refractivity contribution in [1.82, 2.24) is 19.8 Å². The average Bonchev–Trinajstić information content (AvgIpc) is 2.83. The van der Waals surface area contributed by atoms with Gasteiger partial charge in [0.1, 0.15) is 0 Å². The maximum Gasteiger partial charge on any atom is 0.354 e. The predicted octanol–water partition coefficient (Wildman–Crippen LogP) is 0.273. The fourth-order valence-corrected chi connectivity index (χ4v) is 2.34. The van der Waals surface area contributed by atoms with Gasteiger partial charge in [-0.2, -0.15) is 0 Å². The summed E-state index contributed by atoms with van der Waals surface area (Å²) in [5.41, 5.74) is -0.166. The van der Waals surface area contributed by atoms with Crippen LogP contribution in [0.25, 0.3) is 0 Å². The number of hydrogen-bond donors (Lipinski definition) is 2. The van der Waals surface area contributed by atoms with Gasteiger partial charge in [-0.3, -0.25) is 9.69 Å². The third-order valence-corrected chi connectivity index (χ3v) is 3.70. The number of carbonyl (C=O) groups excluding carboxylic acids is 1. The highest BCUT2D eigenvalue weighted by Crippen LogP contribution is 2.16. The third-order valence-electron chi connectivity index (χ3n) is 3.70. The number of carboxylic acids is 1. The summed E-state index contributed by atoms with van der Waals surface area (Å²) in [5, 5.41) is 9.00. The summed E-state index contributed by atoms with van der Waals surface area (Å²) in [7, 11) is 2.02. The van der Waals surface area contributed by atoms with Crippen molar-refractivity contribution < 1.29 is 14.7 Å². The van der Waals surface area contributed by atoms with E-state index in [9.17, 15) is 9.59 Å². The maximum atomic E-state index is 12.3. The number of H-pyrrole nitrogens is 1. The normalized spacial score (nSPS) is 24.5. The molecule has 2 rings (SSSR count). The van der Waals surface area contributed by atoms with Crippen LogP contribution >= 0.6 is 0 Å². The van der Waals surface area contributed by atoms with Gasteiger partial charge in [-0.15, -0.1) is 0 Å². The minimum absolute atomic E-state index is 0.0172. The summed E-state index contributed by atoms with van der Waals surface area (Å²) in [5.74, 6) is -1.50. The number of aromatic carboxylic acids is 1. The number of nitrogens with one attached hydrogen (secondary N) is 1. The highest BCUT2D eigenvalue weighted by atomic mass is 16.4. The summed E-state index contributed by atoms with van der Waals surface area (Å²) in [6.07, 6.45) is 1.24. The summed E-state index contributed by atoms with van der Waals surface area (Å²) in [4.78, 5) is 33.5. The van der Waals surface area contributed by atoms with Gasteiger partial charge in [0.2, 0.25) is 0 Å². The van der Waals surface area contributed by atoms with Crippen LogP contribution in [-0.4, -0.2) is 69.0 Å². The number of rotatable bonds is 2. The lowest BCUT2D eigenvalue weighted by molar-refractivity contribution is 0.0405. The van der Waals surface area contributed by atoms with E-state index in [4.69, 9.17) is 5.11 Å². The van der Waals surface area contributed by atoms with Crippen LogP contribution in [-0.2, 0) is 0 Å². The maximum absolute atomic E-state index is 12.3. The molecule has 1 aliphatic rings. The Morgan fingerprint density at radius 1 is 1.37 bits per heavy atom. The van der Waals surface area contributed by atoms with Crippen molar-refractivity contribution >= 4 is 11.9 Å². The van der Waals surface area contributed by atoms with Crippen molar-refractivity contribution in [3.8, 4) is 0 Å². The Morgan fingerprint density at radius 2 is 1.95 bits per heavy atom. The Bertz CT molecular complexity index is 487. The monoisotopic (exact) mass is 266 g/mol. The van der Waals surface area contributed by atoms with E-state index in [1.165, 1.54) is 6.33 Å². The fraction of sp³-hybridized carbons (Fsp3) is 0.583. The van der Waals surface area contributed by atoms with Crippen LogP contribution in [0.3, 0.4) is 0 Å². The number of carboxylic acid groups (broad SMARTS) is 1. The average molecular weight is 266 g/mol. The molecule has 7 nitrogen and oxygen atoms in total. The van der Waals surface area contributed by atoms with Gasteiger partial charge in [-0.1, -0.05) is 0 Å². The van der Waals surface area contributed by atoms with E-state index >= 15 is 0 Å². The van der Waals surface area contributed by atoms with Gasteiger partial charge in [-0.05, 0) is 20.9 Å². The zero-order valence-corrected chi connectivity index (χ0v) is 11.3. The molecule has 0 spiro atoms. The molecular weight excluding hydrogens is 248 g/mol. The van der Waals surface area contributed by atoms with E-state index in [0.717, 1.165) is 0 Å². The van der Waals surface area contributed by atoms with Gasteiger partial charge in [0.15, 0.2) is 11.4 Å². The highest BCUT2D eigenvalue weighted by molar-refractivity contribution is 6.02. The van der Waals surface area contributed by atoms with Gasteiger partial charge in [0.25, 0.3) is 5.91 Å². The first-order chi connectivity index (χ1) is 8.91. The Balaban J connectivity index is 2.20. The number of imidazole rings is 1. The number of aromatic amines is 1. The van der Waals surface area contributed by atoms with Crippen molar-refractivity contribution in [2.75, 3.05) is 20.1 Å². The van der Waals surface area contributed by atoms with Crippen LogP contribution < -0.4 is 0 Å². The Hall–Kier alpha value is -1.89. The molecule has 1 saturated heterocycles. The van der Waals surface area contributed by atoms with E-state index in [-0.39, 0.29) is 29.4 Å². The molecule has 0 bridgehead atoms. The molecule has 7 heteroatoms. The van der Waals surface area contributed by atoms with E-state index in [2.05, 4.69) is 14.9 Å². The predicted molar refractivity (Wildman–Crippen MR) is 68.1 cm³/mol. The van der Waals surface area contributed by atoms with Crippen molar-refractivity contribution in [1.29, 1.82) is 0 Å². The first-order valence-electron chi connectivity index (χ1n) is 6.19. The number of amides is 1. The topological polar surface area (TPSA) is 89.5 Å². The van der Waals surface area contributed by atoms with Crippen molar-refractivity contribution in [2.24, 2.45) is 0 Å². The van der Waals surface area contributed by atoms with Gasteiger partial charge in [0, 0.05) is 25.2 Å². The number of carbonyl (C=O) groups is 2. The molecule has 0 saturated carbocycles. The van der Waals surface area contributed by atoms with Crippen molar-refractivity contribution in [2.45, 2.75) is 25.9 Å². The first-order valence-corrected chi connectivity index (χ1v) is 6.19. The number of likely N-dealkylation sites (N-methyl/N-ethyl adjacent to an activating group) is 1. The molecule has 2 atom stereocenters. The molecule has 1 fully saturated rings. The Morgan fingerprint density at radius 3 is 2.47 bits per heavy atom. The summed E-state index contributed by atoms with van der Waals surface area (Å²) in [6, 6.07) is 0.472. The molecular formula is C12H18N4O3. The molecule has 2 N–H and O–H groups in total. The fourth-order valence-electron chi connectivity index (χ4n) is 2.34. The molecule has 1 aromatic rings. The zero-order chi connectivity index (χ0) is 14.2. The molecule has 0 aromatic carbocycles. The van der Waals surface area contributed by atoms with Crippen LogP contribution in [0.5, 0.6) is 0 Å². The second-order valence-electron chi connectivity index (χ2n) is 5.00. The van der Waals surface area contributed by atoms with Crippen molar-refractivity contribution in [3.05, 3.63) is 17.7 Å². The van der Waals surface area contributed by atoms with E-state index in [0.29, 0.717) is 13.1 Å². The second kappa shape index (κ2) is 5.00. The van der Waals surface area contributed by atoms with Crippen LogP contribution in [0.1, 0.15) is 34.8 Å². The number of aromatic nitrogens is 2. The molecule has 0 aliphatic carbocycles. The summed E-state index contributed by atoms with van der Waals surface area (Å²) >= 11 is 0. The molecule has 0 radical (unpaired) electrons. The lowest BCUT2D eigenvalue weighted by atomic mass is 10.1. The number of nitrogens with zero attached hydrogens (tertiary/aromatic N) is 3. The highest BCUT2D eigenvalue weighted by Gasteiger charge is 2.32. The molecule has 1 amide bonds. The SMILES string of the molecule is CC1CN(C(=O)c2nc[nH]c2C(=O)O)CC(C)N1C. The summed E-state index contributed by atoms with van der Waals surface area (Å²) in [6.45, 7) is 5.23. The molecule has 2 heterocycles. The Labute approximate surface area is 111 Å². The van der Waals surface area contributed by atoms with Gasteiger partial charge in [-0.25, -0.2) is 9.78 Å². The first kappa shape index (κ1) is 13.5. The molecule has 19 heavy (non-hydrogen) atoms. The van der Waals surface area contributed by atoms with Gasteiger partial charge in [0.05, 0.1) is 6.33 Å². The standard InChI is InChI=1S/C12H18N4O3/c1-7-4-16(5-8(2)15(7)3)11(17)9-10(12(18)19)14-6-13-9/h6-8H,4-5H2,1-3H3,(H,13,14)(H,18,19). The van der Waals surface area contributed by atoms with Gasteiger partial charge < -0.3 is 15.0 Å². The lowest BCUT2D eigenvalue weighted by Crippen LogP contribution is -2.56. The quantitative estimate of drug-likeness (QED) is 0.802. The third kappa shape index (κ3) is 2.46. The van der Waals surface area contributed by atoms with E-state index in [1.807, 2.05) is 20.9 Å². The van der Waals surface area contributed by atoms with Crippen LogP contribution in [0.4, 0.5) is 0 Å². The van der Waals surface area contributed by atoms with Crippen LogP contribution in [0, 0.1) is 0 Å². The van der Waals surface area contributed by atoms with E-state index < -0.39 is 5.97 Å². The van der Waals surface area contributed by atoms with Crippen LogP contribution in [0.2, 0.25) is 0 Å². The van der Waals surface area contributed by atoms with Crippen molar-refractivity contribution in [3.63, 3.8) is 0 Å². The number of piperazine rings is 1. The van der Waals surface area contributed by atoms with E-state index in [1.54, 1.807) is 4.90 Å². The Kier molecular flexibility index (Phi) is 3.57. The number of hydrogen-bond acceptors (Lipinski definition) is 4. The molecule has 2 unspecified atom stereocenters. The smallest absolute Gasteiger partial charge is 0.354 e. The lowest BCUT2D eigenvalue weighted by Gasteiger charge is -2.42. The largest absolute Gasteiger partial charge is 0.477 e. The minimum Gasteiger partial charge on any atom is -0.477 e. The molecule has 1 aromatic heterocycles. The minimum atomic E-state index is -1.17. The van der Waals surface area contributed by atoms with Gasteiger partial charge >= 0.3 is 5.97 Å². The second-order valence-corrected chi connectivity index (χ2v) is 5.00. The molecule has 1 aliphatic heterocycles. The summed E-state index contributed by atoms with van der Waals surface area (Å²) < 4.78 is 0. The zero-order valence-electron chi connectivity index (χ0n) is 11.3.